The summed E-state index contributed by atoms with van der Waals surface area (Å²) in [6.45, 7) is 11.9. The van der Waals surface area contributed by atoms with Crippen molar-refractivity contribution in [2.24, 2.45) is 17.8 Å². The summed E-state index contributed by atoms with van der Waals surface area (Å²) >= 11 is 0. The van der Waals surface area contributed by atoms with Gasteiger partial charge in [-0.05, 0) is 24.2 Å². The van der Waals surface area contributed by atoms with E-state index in [1.807, 2.05) is 6.92 Å². The zero-order valence-electron chi connectivity index (χ0n) is 15.8. The van der Waals surface area contributed by atoms with Crippen LogP contribution in [0.25, 0.3) is 0 Å². The van der Waals surface area contributed by atoms with E-state index in [-0.39, 0.29) is 5.97 Å². The van der Waals surface area contributed by atoms with E-state index in [2.05, 4.69) is 27.7 Å². The molecule has 0 aliphatic heterocycles. The minimum absolute atomic E-state index is 0.0695. The van der Waals surface area contributed by atoms with Gasteiger partial charge in [0.1, 0.15) is 0 Å². The van der Waals surface area contributed by atoms with Crippen molar-refractivity contribution in [3.63, 3.8) is 0 Å². The first kappa shape index (κ1) is 21.5. The van der Waals surface area contributed by atoms with Crippen LogP contribution < -0.4 is 0 Å². The van der Waals surface area contributed by atoms with Crippen molar-refractivity contribution in [3.8, 4) is 0 Å². The first-order chi connectivity index (χ1) is 10.5. The van der Waals surface area contributed by atoms with Crippen LogP contribution in [0, 0.1) is 17.8 Å². The summed E-state index contributed by atoms with van der Waals surface area (Å²) in [5.41, 5.74) is 0. The van der Waals surface area contributed by atoms with Gasteiger partial charge in [-0.15, -0.1) is 0 Å². The molecule has 0 rings (SSSR count). The Bertz CT molecular complexity index is 260. The summed E-state index contributed by atoms with van der Waals surface area (Å²) in [6, 6.07) is 0. The molecule has 0 N–H and O–H groups in total. The molecule has 2 heteroatoms. The topological polar surface area (TPSA) is 26.3 Å². The Morgan fingerprint density at radius 1 is 0.773 bits per heavy atom. The lowest BCUT2D eigenvalue weighted by atomic mass is 9.91. The number of rotatable bonds is 14. The maximum Gasteiger partial charge on any atom is 0.305 e. The van der Waals surface area contributed by atoms with E-state index < -0.39 is 0 Å². The molecule has 22 heavy (non-hydrogen) atoms. The van der Waals surface area contributed by atoms with E-state index in [1.165, 1.54) is 51.4 Å². The second-order valence-electron chi connectivity index (χ2n) is 7.54. The molecule has 132 valence electrons. The van der Waals surface area contributed by atoms with Crippen LogP contribution in [-0.2, 0) is 9.53 Å². The van der Waals surface area contributed by atoms with Gasteiger partial charge < -0.3 is 4.74 Å². The van der Waals surface area contributed by atoms with Crippen molar-refractivity contribution >= 4 is 5.97 Å². The predicted octanol–water partition coefficient (Wildman–Crippen LogP) is 6.38. The van der Waals surface area contributed by atoms with Crippen LogP contribution in [0.2, 0.25) is 0 Å². The number of esters is 1. The molecule has 0 saturated carbocycles. The summed E-state index contributed by atoms with van der Waals surface area (Å²) in [5.74, 6) is 2.51. The van der Waals surface area contributed by atoms with Gasteiger partial charge in [-0.2, -0.15) is 0 Å². The molecule has 0 amide bonds. The highest BCUT2D eigenvalue weighted by atomic mass is 16.5. The predicted molar refractivity (Wildman–Crippen MR) is 96.0 cm³/mol. The zero-order valence-corrected chi connectivity index (χ0v) is 15.8. The van der Waals surface area contributed by atoms with Crippen LogP contribution >= 0.6 is 0 Å². The zero-order chi connectivity index (χ0) is 16.8. The smallest absolute Gasteiger partial charge is 0.305 e. The van der Waals surface area contributed by atoms with Gasteiger partial charge in [0.15, 0.2) is 0 Å². The van der Waals surface area contributed by atoms with E-state index in [0.29, 0.717) is 13.0 Å². The Morgan fingerprint density at radius 3 is 1.95 bits per heavy atom. The quantitative estimate of drug-likeness (QED) is 0.275. The molecule has 0 radical (unpaired) electrons. The fraction of sp³-hybridized carbons (Fsp3) is 0.950. The van der Waals surface area contributed by atoms with E-state index in [1.54, 1.807) is 0 Å². The second kappa shape index (κ2) is 14.1. The maximum absolute atomic E-state index is 11.0. The number of carbonyl (C=O) groups excluding carboxylic acids is 1. The van der Waals surface area contributed by atoms with Crippen molar-refractivity contribution in [1.82, 2.24) is 0 Å². The van der Waals surface area contributed by atoms with Gasteiger partial charge in [0, 0.05) is 6.42 Å². The summed E-state index contributed by atoms with van der Waals surface area (Å²) in [5, 5.41) is 0. The van der Waals surface area contributed by atoms with Crippen LogP contribution in [0.4, 0.5) is 0 Å². The van der Waals surface area contributed by atoms with Gasteiger partial charge >= 0.3 is 5.97 Å². The number of hydrogen-bond acceptors (Lipinski definition) is 2. The largest absolute Gasteiger partial charge is 0.466 e. The Balaban J connectivity index is 3.39. The maximum atomic E-state index is 11.0. The normalized spacial score (nSPS) is 14.1. The molecule has 0 aromatic rings. The third kappa shape index (κ3) is 14.4. The van der Waals surface area contributed by atoms with Gasteiger partial charge in [-0.1, -0.05) is 86.0 Å². The highest BCUT2D eigenvalue weighted by Crippen LogP contribution is 2.21. The summed E-state index contributed by atoms with van der Waals surface area (Å²) in [4.78, 5) is 11.0. The lowest BCUT2D eigenvalue weighted by Gasteiger charge is -2.15. The first-order valence-corrected chi connectivity index (χ1v) is 9.61. The van der Waals surface area contributed by atoms with Crippen molar-refractivity contribution in [1.29, 1.82) is 0 Å². The third-order valence-electron chi connectivity index (χ3n) is 4.52. The summed E-state index contributed by atoms with van der Waals surface area (Å²) in [7, 11) is 0. The number of hydrogen-bond donors (Lipinski definition) is 0. The fourth-order valence-electron chi connectivity index (χ4n) is 2.78. The highest BCUT2D eigenvalue weighted by molar-refractivity contribution is 5.68. The molecule has 0 fully saturated rings. The Labute approximate surface area is 139 Å². The van der Waals surface area contributed by atoms with Gasteiger partial charge in [0.25, 0.3) is 0 Å². The van der Waals surface area contributed by atoms with Crippen LogP contribution in [0.15, 0.2) is 0 Å². The molecule has 0 aromatic carbocycles. The molecule has 0 spiro atoms. The van der Waals surface area contributed by atoms with Crippen LogP contribution in [0.1, 0.15) is 98.8 Å². The average molecular weight is 313 g/mol. The number of ether oxygens (including phenoxy) is 1. The van der Waals surface area contributed by atoms with E-state index in [4.69, 9.17) is 4.74 Å². The SMILES string of the molecule is CCC(=O)OCCCCCC(C)CCCC(C)CCC(C)C. The van der Waals surface area contributed by atoms with Crippen molar-refractivity contribution in [3.05, 3.63) is 0 Å². The monoisotopic (exact) mass is 312 g/mol. The summed E-state index contributed by atoms with van der Waals surface area (Å²) < 4.78 is 5.09. The molecule has 0 saturated heterocycles. The van der Waals surface area contributed by atoms with Crippen LogP contribution in [0.5, 0.6) is 0 Å². The van der Waals surface area contributed by atoms with Crippen LogP contribution in [0.3, 0.4) is 0 Å². The van der Waals surface area contributed by atoms with E-state index in [0.717, 1.165) is 24.2 Å². The molecule has 0 bridgehead atoms. The molecule has 2 unspecified atom stereocenters. The number of carbonyl (C=O) groups is 1. The lowest BCUT2D eigenvalue weighted by molar-refractivity contribution is -0.143. The second-order valence-corrected chi connectivity index (χ2v) is 7.54. The van der Waals surface area contributed by atoms with E-state index in [9.17, 15) is 4.79 Å². The summed E-state index contributed by atoms with van der Waals surface area (Å²) in [6.07, 6.45) is 12.2. The third-order valence-corrected chi connectivity index (χ3v) is 4.52. The Kier molecular flexibility index (Phi) is 13.7. The van der Waals surface area contributed by atoms with Gasteiger partial charge in [-0.25, -0.2) is 0 Å². The molecular formula is C20H40O2. The van der Waals surface area contributed by atoms with Crippen molar-refractivity contribution < 1.29 is 9.53 Å². The Morgan fingerprint density at radius 2 is 1.36 bits per heavy atom. The Hall–Kier alpha value is -0.530. The molecule has 0 aliphatic rings. The van der Waals surface area contributed by atoms with Gasteiger partial charge in [-0.3, -0.25) is 4.79 Å². The average Bonchev–Trinajstić information content (AvgIpc) is 2.48. The minimum Gasteiger partial charge on any atom is -0.466 e. The van der Waals surface area contributed by atoms with Gasteiger partial charge in [0.2, 0.25) is 0 Å². The standard InChI is InChI=1S/C20H40O2/c1-6-20(21)22-16-9-7-8-11-18(4)12-10-13-19(5)15-14-17(2)3/h17-19H,6-16H2,1-5H3. The molecule has 0 aliphatic carbocycles. The molecule has 0 aromatic heterocycles. The number of unbranched alkanes of at least 4 members (excludes halogenated alkanes) is 2. The molecule has 2 atom stereocenters. The fourth-order valence-corrected chi connectivity index (χ4v) is 2.78. The van der Waals surface area contributed by atoms with Crippen molar-refractivity contribution in [2.75, 3.05) is 6.61 Å². The minimum atomic E-state index is -0.0695. The van der Waals surface area contributed by atoms with Crippen molar-refractivity contribution in [2.45, 2.75) is 98.8 Å². The van der Waals surface area contributed by atoms with Crippen LogP contribution in [-0.4, -0.2) is 12.6 Å². The van der Waals surface area contributed by atoms with Gasteiger partial charge in [0.05, 0.1) is 6.61 Å². The molecule has 2 nitrogen and oxygen atoms in total. The molecular weight excluding hydrogens is 272 g/mol. The first-order valence-electron chi connectivity index (χ1n) is 9.61. The van der Waals surface area contributed by atoms with E-state index >= 15 is 0 Å². The highest BCUT2D eigenvalue weighted by Gasteiger charge is 2.07. The lowest BCUT2D eigenvalue weighted by Crippen LogP contribution is -2.04. The molecule has 0 heterocycles.